The molecule has 10 heteroatoms. The highest BCUT2D eigenvalue weighted by Crippen LogP contribution is 2.42. The Morgan fingerprint density at radius 1 is 1.24 bits per heavy atom. The van der Waals surface area contributed by atoms with E-state index in [-0.39, 0.29) is 35.4 Å². The summed E-state index contributed by atoms with van der Waals surface area (Å²) in [4.78, 5) is 11.2. The lowest BCUT2D eigenvalue weighted by atomic mass is 9.73. The number of fused-ring (bicyclic) bond motifs is 1. The molecule has 0 saturated carbocycles. The highest BCUT2D eigenvalue weighted by molar-refractivity contribution is 5.78. The third kappa shape index (κ3) is 3.72. The molecule has 2 aliphatic rings. The fraction of sp³-hybridized carbons (Fsp3) is 0.435. The van der Waals surface area contributed by atoms with Crippen LogP contribution >= 0.6 is 0 Å². The van der Waals surface area contributed by atoms with Crippen molar-refractivity contribution in [2.24, 2.45) is 11.1 Å². The maximum atomic E-state index is 13.9. The summed E-state index contributed by atoms with van der Waals surface area (Å²) in [6.07, 6.45) is 1.76. The number of nitrogens with two attached hydrogens (primary N) is 1. The molecule has 0 aliphatic carbocycles. The number of aliphatic hydroxyl groups excluding tert-OH is 1. The van der Waals surface area contributed by atoms with Gasteiger partial charge in [-0.2, -0.15) is 5.10 Å². The van der Waals surface area contributed by atoms with Crippen molar-refractivity contribution in [1.29, 1.82) is 0 Å². The zero-order valence-electron chi connectivity index (χ0n) is 18.1. The number of anilines is 1. The van der Waals surface area contributed by atoms with Crippen LogP contribution in [-0.4, -0.2) is 57.1 Å². The molecular formula is C23H24F2N6O2. The van der Waals surface area contributed by atoms with Gasteiger partial charge in [0, 0.05) is 24.5 Å². The number of nitrogens with zero attached hydrogens (tertiary/aromatic N) is 4. The summed E-state index contributed by atoms with van der Waals surface area (Å²) >= 11 is 0. The Hall–Kier alpha value is -3.13. The molecule has 4 N–H and O–H groups in total. The van der Waals surface area contributed by atoms with E-state index in [4.69, 9.17) is 10.5 Å². The first-order valence-electron chi connectivity index (χ1n) is 10.9. The van der Waals surface area contributed by atoms with Crippen LogP contribution in [0.2, 0.25) is 0 Å². The number of benzene rings is 1. The predicted molar refractivity (Wildman–Crippen MR) is 117 cm³/mol. The lowest BCUT2D eigenvalue weighted by Gasteiger charge is -2.41. The minimum atomic E-state index is -0.753. The molecule has 0 bridgehead atoms. The Labute approximate surface area is 189 Å². The SMILES string of the molecule is C[C@@H]1OCC2(CCN(c3nc4[nH]nc(C#Cc5c(F)cccc5F)c4nc3CO)CC2)[C@@H]1N. The van der Waals surface area contributed by atoms with Gasteiger partial charge in [0.15, 0.2) is 17.2 Å². The van der Waals surface area contributed by atoms with E-state index in [1.807, 2.05) is 6.92 Å². The Balaban J connectivity index is 1.43. The van der Waals surface area contributed by atoms with Crippen molar-refractivity contribution >= 4 is 17.0 Å². The van der Waals surface area contributed by atoms with E-state index < -0.39 is 11.6 Å². The monoisotopic (exact) mass is 454 g/mol. The standard InChI is InChI=1S/C23H24F2N6O2/c1-13-20(26)23(12-33-13)7-9-31(10-8-23)22-18(11-32)27-19-17(29-30-21(19)28-22)6-5-14-15(24)3-2-4-16(14)25/h2-4,13,20,32H,7-12,26H2,1H3,(H,28,29,30)/t13-,20+/m0/s1. The van der Waals surface area contributed by atoms with Gasteiger partial charge >= 0.3 is 0 Å². The summed E-state index contributed by atoms with van der Waals surface area (Å²) in [6.45, 7) is 3.77. The van der Waals surface area contributed by atoms with Gasteiger partial charge in [0.1, 0.15) is 22.8 Å². The maximum absolute atomic E-state index is 13.9. The predicted octanol–water partition coefficient (Wildman–Crippen LogP) is 1.86. The quantitative estimate of drug-likeness (QED) is 0.507. The fourth-order valence-electron chi connectivity index (χ4n) is 4.69. The summed E-state index contributed by atoms with van der Waals surface area (Å²) in [5.74, 6) is 4.21. The molecule has 4 heterocycles. The van der Waals surface area contributed by atoms with Crippen molar-refractivity contribution < 1.29 is 18.6 Å². The molecule has 2 saturated heterocycles. The van der Waals surface area contributed by atoms with Crippen LogP contribution in [0.15, 0.2) is 18.2 Å². The van der Waals surface area contributed by atoms with Crippen LogP contribution in [0.25, 0.3) is 11.2 Å². The van der Waals surface area contributed by atoms with Gasteiger partial charge in [-0.05, 0) is 37.8 Å². The molecule has 0 amide bonds. The number of halogens is 2. The van der Waals surface area contributed by atoms with E-state index >= 15 is 0 Å². The van der Waals surface area contributed by atoms with Crippen molar-refractivity contribution in [1.82, 2.24) is 20.2 Å². The summed E-state index contributed by atoms with van der Waals surface area (Å²) in [6, 6.07) is 3.55. The zero-order valence-corrected chi connectivity index (χ0v) is 18.1. The van der Waals surface area contributed by atoms with Gasteiger partial charge in [0.25, 0.3) is 0 Å². The molecule has 0 unspecified atom stereocenters. The first-order valence-corrected chi connectivity index (χ1v) is 10.9. The van der Waals surface area contributed by atoms with E-state index in [9.17, 15) is 13.9 Å². The number of rotatable bonds is 2. The van der Waals surface area contributed by atoms with Crippen molar-refractivity contribution in [3.63, 3.8) is 0 Å². The third-order valence-electron chi connectivity index (χ3n) is 6.77. The van der Waals surface area contributed by atoms with Crippen LogP contribution in [-0.2, 0) is 11.3 Å². The second-order valence-corrected chi connectivity index (χ2v) is 8.66. The van der Waals surface area contributed by atoms with Crippen molar-refractivity contribution in [2.45, 2.75) is 38.5 Å². The topological polar surface area (TPSA) is 113 Å². The average Bonchev–Trinajstić information content (AvgIpc) is 3.34. The lowest BCUT2D eigenvalue weighted by molar-refractivity contribution is 0.0973. The summed E-state index contributed by atoms with van der Waals surface area (Å²) in [5.41, 5.74) is 7.34. The summed E-state index contributed by atoms with van der Waals surface area (Å²) in [7, 11) is 0. The molecule has 1 aromatic carbocycles. The third-order valence-corrected chi connectivity index (χ3v) is 6.77. The van der Waals surface area contributed by atoms with E-state index in [1.165, 1.54) is 6.07 Å². The van der Waals surface area contributed by atoms with Crippen LogP contribution in [0.5, 0.6) is 0 Å². The van der Waals surface area contributed by atoms with Crippen LogP contribution < -0.4 is 10.6 Å². The second kappa shape index (κ2) is 8.33. The number of hydrogen-bond acceptors (Lipinski definition) is 7. The van der Waals surface area contributed by atoms with E-state index in [0.717, 1.165) is 25.0 Å². The molecule has 5 rings (SSSR count). The van der Waals surface area contributed by atoms with Gasteiger partial charge in [0.2, 0.25) is 0 Å². The van der Waals surface area contributed by atoms with Gasteiger partial charge in [-0.1, -0.05) is 12.0 Å². The number of H-pyrrole nitrogens is 1. The Morgan fingerprint density at radius 3 is 2.61 bits per heavy atom. The first-order chi connectivity index (χ1) is 15.9. The van der Waals surface area contributed by atoms with Crippen LogP contribution in [0.3, 0.4) is 0 Å². The highest BCUT2D eigenvalue weighted by Gasteiger charge is 2.47. The first kappa shape index (κ1) is 21.7. The molecule has 2 fully saturated rings. The smallest absolute Gasteiger partial charge is 0.177 e. The number of nitrogens with one attached hydrogen (secondary N) is 1. The van der Waals surface area contributed by atoms with Gasteiger partial charge < -0.3 is 20.5 Å². The van der Waals surface area contributed by atoms with Gasteiger partial charge in [-0.25, -0.2) is 18.7 Å². The molecule has 172 valence electrons. The molecule has 33 heavy (non-hydrogen) atoms. The van der Waals surface area contributed by atoms with Crippen molar-refractivity contribution in [2.75, 3.05) is 24.6 Å². The van der Waals surface area contributed by atoms with E-state index in [2.05, 4.69) is 36.9 Å². The Kier molecular flexibility index (Phi) is 5.48. The number of aromatic amines is 1. The van der Waals surface area contributed by atoms with Gasteiger partial charge in [0.05, 0.1) is 24.9 Å². The molecule has 0 radical (unpaired) electrons. The molecular weight excluding hydrogens is 430 g/mol. The highest BCUT2D eigenvalue weighted by atomic mass is 19.1. The fourth-order valence-corrected chi connectivity index (χ4v) is 4.69. The summed E-state index contributed by atoms with van der Waals surface area (Å²) in [5, 5.41) is 16.9. The van der Waals surface area contributed by atoms with E-state index in [1.54, 1.807) is 0 Å². The number of aromatic nitrogens is 4. The molecule has 8 nitrogen and oxygen atoms in total. The second-order valence-electron chi connectivity index (χ2n) is 8.66. The number of hydrogen-bond donors (Lipinski definition) is 3. The largest absolute Gasteiger partial charge is 0.390 e. The molecule has 2 aliphatic heterocycles. The average molecular weight is 454 g/mol. The summed E-state index contributed by atoms with van der Waals surface area (Å²) < 4.78 is 33.5. The molecule has 3 aromatic rings. The minimum Gasteiger partial charge on any atom is -0.390 e. The minimum absolute atomic E-state index is 0.00134. The van der Waals surface area contributed by atoms with Crippen LogP contribution in [0.4, 0.5) is 14.6 Å². The van der Waals surface area contributed by atoms with Crippen molar-refractivity contribution in [3.8, 4) is 11.8 Å². The zero-order chi connectivity index (χ0) is 23.2. The van der Waals surface area contributed by atoms with Gasteiger partial charge in [-0.15, -0.1) is 0 Å². The Bertz CT molecular complexity index is 1240. The number of aliphatic hydroxyl groups is 1. The normalized spacial score (nSPS) is 22.0. The van der Waals surface area contributed by atoms with Gasteiger partial charge in [-0.3, -0.25) is 5.10 Å². The lowest BCUT2D eigenvalue weighted by Crippen LogP contribution is -2.51. The maximum Gasteiger partial charge on any atom is 0.177 e. The molecule has 2 atom stereocenters. The molecule has 2 aromatic heterocycles. The van der Waals surface area contributed by atoms with Crippen molar-refractivity contribution in [3.05, 3.63) is 46.8 Å². The Morgan fingerprint density at radius 2 is 1.97 bits per heavy atom. The van der Waals surface area contributed by atoms with Crippen LogP contribution in [0, 0.1) is 28.9 Å². The van der Waals surface area contributed by atoms with Crippen LogP contribution in [0.1, 0.15) is 36.7 Å². The number of ether oxygens (including phenoxy) is 1. The number of piperidine rings is 1. The van der Waals surface area contributed by atoms with E-state index in [0.29, 0.717) is 42.4 Å². The molecule has 1 spiro atoms.